The number of benzene rings is 1. The van der Waals surface area contributed by atoms with E-state index >= 15 is 0 Å². The average molecular weight is 270 g/mol. The Hall–Kier alpha value is -1.69. The van der Waals surface area contributed by atoms with Crippen LogP contribution >= 0.6 is 0 Å². The summed E-state index contributed by atoms with van der Waals surface area (Å²) in [6.45, 7) is 1.07. The number of hydrogen-bond donors (Lipinski definition) is 0. The third kappa shape index (κ3) is 2.35. The predicted molar refractivity (Wildman–Crippen MR) is 80.0 cm³/mol. The van der Waals surface area contributed by atoms with E-state index in [-0.39, 0.29) is 0 Å². The van der Waals surface area contributed by atoms with Gasteiger partial charge in [0.15, 0.2) is 0 Å². The molecule has 20 heavy (non-hydrogen) atoms. The Morgan fingerprint density at radius 1 is 1.20 bits per heavy atom. The number of piperidine rings is 1. The second kappa shape index (κ2) is 5.75. The number of fused-ring (bicyclic) bond motifs is 1. The Bertz CT molecular complexity index is 518. The van der Waals surface area contributed by atoms with Crippen LogP contribution in [-0.4, -0.2) is 19.7 Å². The average Bonchev–Trinajstić information content (AvgIpc) is 2.53. The molecule has 0 bridgehead atoms. The van der Waals surface area contributed by atoms with Gasteiger partial charge in [0.25, 0.3) is 0 Å². The fourth-order valence-electron chi connectivity index (χ4n) is 3.89. The fourth-order valence-corrected chi connectivity index (χ4v) is 3.89. The first-order chi connectivity index (χ1) is 9.83. The quantitative estimate of drug-likeness (QED) is 0.821. The van der Waals surface area contributed by atoms with Crippen LogP contribution in [0.5, 0.6) is 5.75 Å². The van der Waals surface area contributed by atoms with Crippen molar-refractivity contribution >= 4 is 5.69 Å². The van der Waals surface area contributed by atoms with Crippen molar-refractivity contribution in [2.45, 2.75) is 44.6 Å². The maximum Gasteiger partial charge on any atom is 0.121 e. The topological polar surface area (TPSA) is 36.3 Å². The van der Waals surface area contributed by atoms with Gasteiger partial charge in [-0.1, -0.05) is 12.8 Å². The Morgan fingerprint density at radius 2 is 2.00 bits per heavy atom. The summed E-state index contributed by atoms with van der Waals surface area (Å²) < 4.78 is 5.35. The van der Waals surface area contributed by atoms with Crippen molar-refractivity contribution in [3.05, 3.63) is 23.8 Å². The minimum Gasteiger partial charge on any atom is -0.497 e. The van der Waals surface area contributed by atoms with Gasteiger partial charge in [-0.25, -0.2) is 0 Å². The van der Waals surface area contributed by atoms with Gasteiger partial charge in [0.1, 0.15) is 11.8 Å². The van der Waals surface area contributed by atoms with Crippen LogP contribution in [0, 0.1) is 17.2 Å². The minimum absolute atomic E-state index is 0.622. The van der Waals surface area contributed by atoms with Crippen LogP contribution in [0.4, 0.5) is 5.69 Å². The summed E-state index contributed by atoms with van der Waals surface area (Å²) in [6.07, 6.45) is 7.91. The van der Waals surface area contributed by atoms with E-state index in [2.05, 4.69) is 11.0 Å². The van der Waals surface area contributed by atoms with Crippen molar-refractivity contribution in [3.63, 3.8) is 0 Å². The van der Waals surface area contributed by atoms with Crippen LogP contribution in [0.2, 0.25) is 0 Å². The van der Waals surface area contributed by atoms with Gasteiger partial charge in [-0.2, -0.15) is 5.26 Å². The van der Waals surface area contributed by atoms with E-state index in [0.29, 0.717) is 6.04 Å². The molecule has 1 heterocycles. The van der Waals surface area contributed by atoms with Crippen LogP contribution in [0.3, 0.4) is 0 Å². The van der Waals surface area contributed by atoms with E-state index < -0.39 is 0 Å². The molecule has 1 aromatic carbocycles. The van der Waals surface area contributed by atoms with Crippen molar-refractivity contribution in [2.24, 2.45) is 5.92 Å². The molecule has 1 aliphatic heterocycles. The minimum atomic E-state index is 0.622. The molecule has 1 saturated heterocycles. The number of nitriles is 1. The summed E-state index contributed by atoms with van der Waals surface area (Å²) in [6, 6.07) is 8.77. The molecule has 1 aliphatic carbocycles. The highest BCUT2D eigenvalue weighted by molar-refractivity contribution is 5.63. The molecule has 3 nitrogen and oxygen atoms in total. The normalized spacial score (nSPS) is 25.7. The van der Waals surface area contributed by atoms with E-state index in [4.69, 9.17) is 4.74 Å². The number of hydrogen-bond acceptors (Lipinski definition) is 3. The number of methoxy groups -OCH3 is 1. The molecule has 1 saturated carbocycles. The van der Waals surface area contributed by atoms with Gasteiger partial charge in [0, 0.05) is 18.7 Å². The maximum atomic E-state index is 9.39. The lowest BCUT2D eigenvalue weighted by atomic mass is 9.78. The summed E-state index contributed by atoms with van der Waals surface area (Å²) in [5.74, 6) is 1.66. The third-order valence-electron chi connectivity index (χ3n) is 4.88. The van der Waals surface area contributed by atoms with Gasteiger partial charge in [0.2, 0.25) is 0 Å². The highest BCUT2D eigenvalue weighted by atomic mass is 16.5. The molecule has 2 atom stereocenters. The molecular formula is C17H22N2O. The van der Waals surface area contributed by atoms with Gasteiger partial charge in [0.05, 0.1) is 18.4 Å². The number of nitrogens with zero attached hydrogens (tertiary/aromatic N) is 2. The van der Waals surface area contributed by atoms with Gasteiger partial charge in [-0.15, -0.1) is 0 Å². The Balaban J connectivity index is 1.96. The second-order valence-corrected chi connectivity index (χ2v) is 5.94. The number of rotatable bonds is 2. The van der Waals surface area contributed by atoms with Gasteiger partial charge >= 0.3 is 0 Å². The highest BCUT2D eigenvalue weighted by Gasteiger charge is 2.34. The molecule has 0 amide bonds. The van der Waals surface area contributed by atoms with Crippen molar-refractivity contribution in [2.75, 3.05) is 18.6 Å². The zero-order valence-corrected chi connectivity index (χ0v) is 12.1. The summed E-state index contributed by atoms with van der Waals surface area (Å²) in [4.78, 5) is 2.48. The van der Waals surface area contributed by atoms with E-state index in [1.165, 1.54) is 38.5 Å². The largest absolute Gasteiger partial charge is 0.497 e. The Labute approximate surface area is 121 Å². The molecule has 0 radical (unpaired) electrons. The zero-order valence-electron chi connectivity index (χ0n) is 12.1. The monoisotopic (exact) mass is 270 g/mol. The zero-order chi connectivity index (χ0) is 13.9. The van der Waals surface area contributed by atoms with Crippen molar-refractivity contribution < 1.29 is 4.74 Å². The molecule has 1 aromatic rings. The van der Waals surface area contributed by atoms with Crippen LogP contribution < -0.4 is 9.64 Å². The van der Waals surface area contributed by atoms with E-state index in [9.17, 15) is 5.26 Å². The molecule has 0 spiro atoms. The molecular weight excluding hydrogens is 248 g/mol. The van der Waals surface area contributed by atoms with Gasteiger partial charge in [-0.3, -0.25) is 0 Å². The Morgan fingerprint density at radius 3 is 2.80 bits per heavy atom. The first kappa shape index (κ1) is 13.3. The number of ether oxygens (including phenoxy) is 1. The van der Waals surface area contributed by atoms with Crippen LogP contribution in [-0.2, 0) is 0 Å². The molecule has 0 aromatic heterocycles. The predicted octanol–water partition coefficient (Wildman–Crippen LogP) is 3.73. The highest BCUT2D eigenvalue weighted by Crippen LogP contribution is 2.39. The molecule has 2 aliphatic rings. The molecule has 2 fully saturated rings. The first-order valence-electron chi connectivity index (χ1n) is 7.68. The molecule has 106 valence electrons. The lowest BCUT2D eigenvalue weighted by Crippen LogP contribution is -2.47. The second-order valence-electron chi connectivity index (χ2n) is 5.94. The summed E-state index contributed by atoms with van der Waals surface area (Å²) in [5.41, 5.74) is 1.85. The lowest BCUT2D eigenvalue weighted by molar-refractivity contribution is 0.243. The van der Waals surface area contributed by atoms with Crippen LogP contribution in [0.1, 0.15) is 44.1 Å². The SMILES string of the molecule is COc1ccc(C#N)c(N2CCC[C@H]3CCCC[C@H]32)c1. The summed E-state index contributed by atoms with van der Waals surface area (Å²) in [7, 11) is 1.69. The Kier molecular flexibility index (Phi) is 3.82. The number of anilines is 1. The molecule has 0 unspecified atom stereocenters. The van der Waals surface area contributed by atoms with Crippen molar-refractivity contribution in [1.82, 2.24) is 0 Å². The molecule has 3 heteroatoms. The van der Waals surface area contributed by atoms with E-state index in [1.807, 2.05) is 18.2 Å². The lowest BCUT2D eigenvalue weighted by Gasteiger charge is -2.45. The summed E-state index contributed by atoms with van der Waals surface area (Å²) >= 11 is 0. The van der Waals surface area contributed by atoms with E-state index in [0.717, 1.165) is 29.5 Å². The first-order valence-corrected chi connectivity index (χ1v) is 7.68. The van der Waals surface area contributed by atoms with Crippen LogP contribution in [0.25, 0.3) is 0 Å². The smallest absolute Gasteiger partial charge is 0.121 e. The van der Waals surface area contributed by atoms with Crippen molar-refractivity contribution in [1.29, 1.82) is 5.26 Å². The maximum absolute atomic E-state index is 9.39. The summed E-state index contributed by atoms with van der Waals surface area (Å²) in [5, 5.41) is 9.39. The van der Waals surface area contributed by atoms with Crippen molar-refractivity contribution in [3.8, 4) is 11.8 Å². The van der Waals surface area contributed by atoms with E-state index in [1.54, 1.807) is 7.11 Å². The molecule has 0 N–H and O–H groups in total. The fraction of sp³-hybridized carbons (Fsp3) is 0.588. The van der Waals surface area contributed by atoms with Crippen LogP contribution in [0.15, 0.2) is 18.2 Å². The van der Waals surface area contributed by atoms with Gasteiger partial charge < -0.3 is 9.64 Å². The third-order valence-corrected chi connectivity index (χ3v) is 4.88. The molecule has 3 rings (SSSR count). The standard InChI is InChI=1S/C17H22N2O/c1-20-15-9-8-14(12-18)17(11-15)19-10-4-6-13-5-2-3-7-16(13)19/h8-9,11,13,16H,2-7,10H2,1H3/t13-,16-/m1/s1. The van der Waals surface area contributed by atoms with Gasteiger partial charge in [-0.05, 0) is 43.7 Å².